The van der Waals surface area contributed by atoms with Crippen LogP contribution in [-0.2, 0) is 4.79 Å². The fraction of sp³-hybridized carbons (Fsp3) is 0.875. The van der Waals surface area contributed by atoms with Crippen molar-refractivity contribution in [2.24, 2.45) is 0 Å². The highest BCUT2D eigenvalue weighted by Gasteiger charge is 2.15. The highest BCUT2D eigenvalue weighted by atomic mass is 32.1. The standard InChI is InChI=1S/C8H16N2OS/c1-6(12)8(11)10-5-7-3-2-4-9-7/h6-7,9,12H,2-5H2,1H3,(H,10,11). The number of rotatable bonds is 3. The second-order valence-corrected chi connectivity index (χ2v) is 3.99. The van der Waals surface area contributed by atoms with E-state index in [1.807, 2.05) is 0 Å². The number of thiol groups is 1. The molecular formula is C8H16N2OS. The van der Waals surface area contributed by atoms with Crippen LogP contribution < -0.4 is 10.6 Å². The molecule has 0 aromatic rings. The summed E-state index contributed by atoms with van der Waals surface area (Å²) in [6.45, 7) is 3.60. The molecule has 70 valence electrons. The van der Waals surface area contributed by atoms with Crippen LogP contribution in [0.4, 0.5) is 0 Å². The van der Waals surface area contributed by atoms with E-state index in [0.29, 0.717) is 6.04 Å². The van der Waals surface area contributed by atoms with Gasteiger partial charge in [-0.2, -0.15) is 12.6 Å². The number of hydrogen-bond donors (Lipinski definition) is 3. The lowest BCUT2D eigenvalue weighted by atomic mass is 10.2. The number of nitrogens with one attached hydrogen (secondary N) is 2. The van der Waals surface area contributed by atoms with Crippen molar-refractivity contribution >= 4 is 18.5 Å². The molecule has 0 aliphatic carbocycles. The zero-order valence-corrected chi connectivity index (χ0v) is 8.23. The average molecular weight is 188 g/mol. The van der Waals surface area contributed by atoms with Crippen molar-refractivity contribution < 1.29 is 4.79 Å². The Bertz CT molecular complexity index is 155. The molecule has 0 aromatic carbocycles. The Labute approximate surface area is 78.7 Å². The van der Waals surface area contributed by atoms with Gasteiger partial charge in [0.15, 0.2) is 0 Å². The van der Waals surface area contributed by atoms with Crippen molar-refractivity contribution in [2.45, 2.75) is 31.1 Å². The fourth-order valence-electron chi connectivity index (χ4n) is 1.30. The van der Waals surface area contributed by atoms with Crippen LogP contribution in [0.25, 0.3) is 0 Å². The molecule has 2 atom stereocenters. The Hall–Kier alpha value is -0.220. The number of hydrogen-bond acceptors (Lipinski definition) is 3. The van der Waals surface area contributed by atoms with Crippen molar-refractivity contribution in [3.63, 3.8) is 0 Å². The van der Waals surface area contributed by atoms with Gasteiger partial charge in [0.05, 0.1) is 5.25 Å². The molecule has 0 aromatic heterocycles. The molecule has 2 unspecified atom stereocenters. The molecule has 1 amide bonds. The van der Waals surface area contributed by atoms with Gasteiger partial charge in [-0.25, -0.2) is 0 Å². The summed E-state index contributed by atoms with van der Waals surface area (Å²) >= 11 is 4.04. The Morgan fingerprint density at radius 2 is 2.58 bits per heavy atom. The molecule has 1 aliphatic heterocycles. The van der Waals surface area contributed by atoms with Crippen LogP contribution in [0.15, 0.2) is 0 Å². The van der Waals surface area contributed by atoms with Crippen LogP contribution >= 0.6 is 12.6 Å². The van der Waals surface area contributed by atoms with Gasteiger partial charge in [-0.1, -0.05) is 0 Å². The maximum Gasteiger partial charge on any atom is 0.232 e. The molecule has 1 fully saturated rings. The van der Waals surface area contributed by atoms with E-state index >= 15 is 0 Å². The second-order valence-electron chi connectivity index (χ2n) is 3.21. The molecule has 0 radical (unpaired) electrons. The highest BCUT2D eigenvalue weighted by molar-refractivity contribution is 7.81. The smallest absolute Gasteiger partial charge is 0.232 e. The lowest BCUT2D eigenvalue weighted by Gasteiger charge is -2.12. The van der Waals surface area contributed by atoms with E-state index in [1.54, 1.807) is 6.92 Å². The van der Waals surface area contributed by atoms with Gasteiger partial charge in [-0.05, 0) is 26.3 Å². The molecule has 2 N–H and O–H groups in total. The Kier molecular flexibility index (Phi) is 3.88. The van der Waals surface area contributed by atoms with Crippen molar-refractivity contribution in [3.8, 4) is 0 Å². The van der Waals surface area contributed by atoms with Gasteiger partial charge in [0.2, 0.25) is 5.91 Å². The quantitative estimate of drug-likeness (QED) is 0.553. The van der Waals surface area contributed by atoms with Gasteiger partial charge in [-0.15, -0.1) is 0 Å². The van der Waals surface area contributed by atoms with Gasteiger partial charge in [0.25, 0.3) is 0 Å². The summed E-state index contributed by atoms with van der Waals surface area (Å²) in [6, 6.07) is 0.473. The van der Waals surface area contributed by atoms with E-state index in [4.69, 9.17) is 0 Å². The highest BCUT2D eigenvalue weighted by Crippen LogP contribution is 2.03. The second kappa shape index (κ2) is 4.72. The van der Waals surface area contributed by atoms with Gasteiger partial charge in [0.1, 0.15) is 0 Å². The van der Waals surface area contributed by atoms with Crippen molar-refractivity contribution in [1.29, 1.82) is 0 Å². The molecule has 1 saturated heterocycles. The predicted molar refractivity (Wildman–Crippen MR) is 52.5 cm³/mol. The first kappa shape index (κ1) is 9.86. The Morgan fingerprint density at radius 1 is 1.83 bits per heavy atom. The SMILES string of the molecule is CC(S)C(=O)NCC1CCCN1. The topological polar surface area (TPSA) is 41.1 Å². The van der Waals surface area contributed by atoms with Crippen molar-refractivity contribution in [1.82, 2.24) is 10.6 Å². The average Bonchev–Trinajstić information content (AvgIpc) is 2.51. The maximum atomic E-state index is 11.1. The van der Waals surface area contributed by atoms with Crippen LogP contribution in [0.5, 0.6) is 0 Å². The summed E-state index contributed by atoms with van der Waals surface area (Å²) < 4.78 is 0. The minimum absolute atomic E-state index is 0.0204. The third kappa shape index (κ3) is 3.03. The molecule has 0 saturated carbocycles. The van der Waals surface area contributed by atoms with Crippen LogP contribution in [0.2, 0.25) is 0 Å². The lowest BCUT2D eigenvalue weighted by molar-refractivity contribution is -0.120. The van der Waals surface area contributed by atoms with Crippen LogP contribution in [0.1, 0.15) is 19.8 Å². The molecular weight excluding hydrogens is 172 g/mol. The monoisotopic (exact) mass is 188 g/mol. The molecule has 1 aliphatic rings. The molecule has 1 rings (SSSR count). The minimum Gasteiger partial charge on any atom is -0.354 e. The first-order valence-corrected chi connectivity index (χ1v) is 4.91. The summed E-state index contributed by atoms with van der Waals surface area (Å²) in [4.78, 5) is 11.1. The van der Waals surface area contributed by atoms with Gasteiger partial charge >= 0.3 is 0 Å². The summed E-state index contributed by atoms with van der Waals surface area (Å²) in [5.74, 6) is 0.0204. The molecule has 0 spiro atoms. The summed E-state index contributed by atoms with van der Waals surface area (Å²) in [6.07, 6.45) is 2.39. The number of carbonyl (C=O) groups excluding carboxylic acids is 1. The summed E-state index contributed by atoms with van der Waals surface area (Å²) in [5.41, 5.74) is 0. The van der Waals surface area contributed by atoms with Crippen LogP contribution in [0.3, 0.4) is 0 Å². The molecule has 12 heavy (non-hydrogen) atoms. The third-order valence-corrected chi connectivity index (χ3v) is 2.30. The number of amides is 1. The molecule has 4 heteroatoms. The number of carbonyl (C=O) groups is 1. The molecule has 3 nitrogen and oxygen atoms in total. The van der Waals surface area contributed by atoms with Gasteiger partial charge in [0, 0.05) is 12.6 Å². The summed E-state index contributed by atoms with van der Waals surface area (Å²) in [5, 5.41) is 5.96. The molecule has 1 heterocycles. The van der Waals surface area contributed by atoms with E-state index in [1.165, 1.54) is 12.8 Å². The van der Waals surface area contributed by atoms with Gasteiger partial charge < -0.3 is 10.6 Å². The third-order valence-electron chi connectivity index (χ3n) is 2.06. The first-order valence-electron chi connectivity index (χ1n) is 4.39. The van der Waals surface area contributed by atoms with Crippen LogP contribution in [0, 0.1) is 0 Å². The Morgan fingerprint density at radius 3 is 3.08 bits per heavy atom. The Balaban J connectivity index is 2.12. The van der Waals surface area contributed by atoms with E-state index in [9.17, 15) is 4.79 Å². The molecule has 0 bridgehead atoms. The first-order chi connectivity index (χ1) is 5.70. The van der Waals surface area contributed by atoms with E-state index < -0.39 is 0 Å². The minimum atomic E-state index is -0.202. The van der Waals surface area contributed by atoms with E-state index in [2.05, 4.69) is 23.3 Å². The largest absolute Gasteiger partial charge is 0.354 e. The lowest BCUT2D eigenvalue weighted by Crippen LogP contribution is -2.39. The summed E-state index contributed by atoms with van der Waals surface area (Å²) in [7, 11) is 0. The van der Waals surface area contributed by atoms with Crippen molar-refractivity contribution in [2.75, 3.05) is 13.1 Å². The predicted octanol–water partition coefficient (Wildman–Crippen LogP) is 0.173. The van der Waals surface area contributed by atoms with E-state index in [-0.39, 0.29) is 11.2 Å². The maximum absolute atomic E-state index is 11.1. The van der Waals surface area contributed by atoms with Crippen LogP contribution in [-0.4, -0.2) is 30.3 Å². The zero-order chi connectivity index (χ0) is 8.97. The van der Waals surface area contributed by atoms with Gasteiger partial charge in [-0.3, -0.25) is 4.79 Å². The van der Waals surface area contributed by atoms with E-state index in [0.717, 1.165) is 13.1 Å². The fourth-order valence-corrected chi connectivity index (χ4v) is 1.39. The zero-order valence-electron chi connectivity index (χ0n) is 7.34. The van der Waals surface area contributed by atoms with Crippen molar-refractivity contribution in [3.05, 3.63) is 0 Å². The normalized spacial score (nSPS) is 25.3.